The first-order chi connectivity index (χ1) is 10.6. The van der Waals surface area contributed by atoms with Gasteiger partial charge >= 0.3 is 5.97 Å². The number of likely N-dealkylation sites (tertiary alicyclic amines) is 1. The van der Waals surface area contributed by atoms with Crippen molar-refractivity contribution >= 4 is 11.9 Å². The van der Waals surface area contributed by atoms with Gasteiger partial charge in [-0.2, -0.15) is 0 Å². The highest BCUT2D eigenvalue weighted by Gasteiger charge is 2.34. The molecule has 0 aliphatic carbocycles. The first-order valence-electron chi connectivity index (χ1n) is 7.73. The summed E-state index contributed by atoms with van der Waals surface area (Å²) in [6.45, 7) is 2.59. The van der Waals surface area contributed by atoms with Crippen LogP contribution in [0.4, 0.5) is 0 Å². The SMILES string of the molecule is CCC(CC(=O)N1CCC[C@@H]1C(=O)O)c1ccc(OC)cc1. The zero-order valence-corrected chi connectivity index (χ0v) is 13.1. The molecule has 0 radical (unpaired) electrons. The molecule has 1 aliphatic rings. The van der Waals surface area contributed by atoms with Gasteiger partial charge in [-0.1, -0.05) is 19.1 Å². The average molecular weight is 305 g/mol. The third kappa shape index (κ3) is 3.59. The van der Waals surface area contributed by atoms with Gasteiger partial charge in [0.2, 0.25) is 5.91 Å². The lowest BCUT2D eigenvalue weighted by molar-refractivity contribution is -0.148. The molecule has 0 saturated carbocycles. The molecule has 1 aliphatic heterocycles. The number of methoxy groups -OCH3 is 1. The van der Waals surface area contributed by atoms with Crippen molar-refractivity contribution in [1.82, 2.24) is 4.90 Å². The maximum atomic E-state index is 12.5. The summed E-state index contributed by atoms with van der Waals surface area (Å²) in [4.78, 5) is 25.2. The highest BCUT2D eigenvalue weighted by atomic mass is 16.5. The molecule has 1 aromatic rings. The van der Waals surface area contributed by atoms with Crippen LogP contribution in [0, 0.1) is 0 Å². The van der Waals surface area contributed by atoms with E-state index >= 15 is 0 Å². The summed E-state index contributed by atoms with van der Waals surface area (Å²) >= 11 is 0. The third-order valence-corrected chi connectivity index (χ3v) is 4.36. The minimum atomic E-state index is -0.900. The van der Waals surface area contributed by atoms with E-state index in [0.717, 1.165) is 24.2 Å². The van der Waals surface area contributed by atoms with Gasteiger partial charge in [0.05, 0.1) is 7.11 Å². The second kappa shape index (κ2) is 7.29. The summed E-state index contributed by atoms with van der Waals surface area (Å²) in [5.41, 5.74) is 1.09. The lowest BCUT2D eigenvalue weighted by Gasteiger charge is -2.24. The summed E-state index contributed by atoms with van der Waals surface area (Å²) in [5, 5.41) is 9.19. The van der Waals surface area contributed by atoms with Crippen LogP contribution in [0.5, 0.6) is 5.75 Å². The van der Waals surface area contributed by atoms with E-state index in [2.05, 4.69) is 0 Å². The van der Waals surface area contributed by atoms with E-state index in [-0.39, 0.29) is 11.8 Å². The van der Waals surface area contributed by atoms with Crippen molar-refractivity contribution in [3.8, 4) is 5.75 Å². The van der Waals surface area contributed by atoms with E-state index < -0.39 is 12.0 Å². The molecule has 5 nitrogen and oxygen atoms in total. The fraction of sp³-hybridized carbons (Fsp3) is 0.529. The number of hydrogen-bond acceptors (Lipinski definition) is 3. The second-order valence-corrected chi connectivity index (χ2v) is 5.67. The van der Waals surface area contributed by atoms with Crippen LogP contribution >= 0.6 is 0 Å². The van der Waals surface area contributed by atoms with Gasteiger partial charge in [-0.25, -0.2) is 4.79 Å². The van der Waals surface area contributed by atoms with Crippen LogP contribution in [0.1, 0.15) is 44.1 Å². The van der Waals surface area contributed by atoms with Crippen LogP contribution in [0.3, 0.4) is 0 Å². The smallest absolute Gasteiger partial charge is 0.326 e. The minimum Gasteiger partial charge on any atom is -0.497 e. The predicted octanol–water partition coefficient (Wildman–Crippen LogP) is 2.65. The molecular formula is C17H23NO4. The molecule has 2 rings (SSSR count). The van der Waals surface area contributed by atoms with Crippen LogP contribution in [0.15, 0.2) is 24.3 Å². The maximum absolute atomic E-state index is 12.5. The number of carboxylic acids is 1. The number of carboxylic acid groups (broad SMARTS) is 1. The van der Waals surface area contributed by atoms with Crippen LogP contribution < -0.4 is 4.74 Å². The van der Waals surface area contributed by atoms with E-state index in [1.165, 1.54) is 4.90 Å². The van der Waals surface area contributed by atoms with E-state index in [0.29, 0.717) is 19.4 Å². The molecule has 1 N–H and O–H groups in total. The lowest BCUT2D eigenvalue weighted by atomic mass is 9.92. The molecular weight excluding hydrogens is 282 g/mol. The Bertz CT molecular complexity index is 526. The standard InChI is InChI=1S/C17H23NO4/c1-3-12(13-6-8-14(22-2)9-7-13)11-16(19)18-10-4-5-15(18)17(20)21/h6-9,12,15H,3-5,10-11H2,1-2H3,(H,20,21)/t12?,15-/m1/s1. The Morgan fingerprint density at radius 1 is 1.36 bits per heavy atom. The number of aliphatic carboxylic acids is 1. The van der Waals surface area contributed by atoms with Crippen LogP contribution in [0.25, 0.3) is 0 Å². The largest absolute Gasteiger partial charge is 0.497 e. The molecule has 120 valence electrons. The number of nitrogens with zero attached hydrogens (tertiary/aromatic N) is 1. The molecule has 1 unspecified atom stereocenters. The van der Waals surface area contributed by atoms with Gasteiger partial charge in [0.1, 0.15) is 11.8 Å². The number of carbonyl (C=O) groups excluding carboxylic acids is 1. The highest BCUT2D eigenvalue weighted by Crippen LogP contribution is 2.28. The maximum Gasteiger partial charge on any atom is 0.326 e. The van der Waals surface area contributed by atoms with Crippen LogP contribution in [-0.4, -0.2) is 41.6 Å². The molecule has 22 heavy (non-hydrogen) atoms. The van der Waals surface area contributed by atoms with Crippen molar-refractivity contribution in [3.05, 3.63) is 29.8 Å². The summed E-state index contributed by atoms with van der Waals surface area (Å²) < 4.78 is 5.14. The number of carbonyl (C=O) groups is 2. The topological polar surface area (TPSA) is 66.8 Å². The molecule has 1 heterocycles. The number of amides is 1. The quantitative estimate of drug-likeness (QED) is 0.877. The fourth-order valence-electron chi connectivity index (χ4n) is 3.02. The normalized spacial score (nSPS) is 19.0. The number of hydrogen-bond donors (Lipinski definition) is 1. The zero-order valence-electron chi connectivity index (χ0n) is 13.1. The van der Waals surface area contributed by atoms with E-state index in [9.17, 15) is 14.7 Å². The van der Waals surface area contributed by atoms with Gasteiger partial charge in [0.25, 0.3) is 0 Å². The third-order valence-electron chi connectivity index (χ3n) is 4.36. The van der Waals surface area contributed by atoms with Crippen LogP contribution in [0.2, 0.25) is 0 Å². The summed E-state index contributed by atoms with van der Waals surface area (Å²) in [5.74, 6) is -0.0696. The van der Waals surface area contributed by atoms with Gasteiger partial charge in [-0.05, 0) is 42.9 Å². The Morgan fingerprint density at radius 2 is 2.05 bits per heavy atom. The number of benzene rings is 1. The molecule has 0 bridgehead atoms. The summed E-state index contributed by atoms with van der Waals surface area (Å²) in [6.07, 6.45) is 2.51. The van der Waals surface area contributed by atoms with Crippen LogP contribution in [-0.2, 0) is 9.59 Å². The first kappa shape index (κ1) is 16.3. The Morgan fingerprint density at radius 3 is 2.59 bits per heavy atom. The predicted molar refractivity (Wildman–Crippen MR) is 83.0 cm³/mol. The van der Waals surface area contributed by atoms with Gasteiger partial charge in [0, 0.05) is 13.0 Å². The lowest BCUT2D eigenvalue weighted by Crippen LogP contribution is -2.40. The molecule has 0 spiro atoms. The van der Waals surface area contributed by atoms with Gasteiger partial charge in [0.15, 0.2) is 0 Å². The second-order valence-electron chi connectivity index (χ2n) is 5.67. The Kier molecular flexibility index (Phi) is 5.41. The van der Waals surface area contributed by atoms with Crippen molar-refractivity contribution in [1.29, 1.82) is 0 Å². The minimum absolute atomic E-state index is 0.0624. The summed E-state index contributed by atoms with van der Waals surface area (Å²) in [7, 11) is 1.62. The molecule has 1 aromatic carbocycles. The van der Waals surface area contributed by atoms with Crippen molar-refractivity contribution < 1.29 is 19.4 Å². The van der Waals surface area contributed by atoms with Crippen molar-refractivity contribution in [3.63, 3.8) is 0 Å². The Balaban J connectivity index is 2.05. The molecule has 0 aromatic heterocycles. The van der Waals surface area contributed by atoms with Crippen molar-refractivity contribution in [2.24, 2.45) is 0 Å². The molecule has 1 saturated heterocycles. The molecule has 5 heteroatoms. The number of ether oxygens (including phenoxy) is 1. The first-order valence-corrected chi connectivity index (χ1v) is 7.73. The molecule has 1 amide bonds. The van der Waals surface area contributed by atoms with Gasteiger partial charge in [-0.3, -0.25) is 4.79 Å². The van der Waals surface area contributed by atoms with E-state index in [1.54, 1.807) is 7.11 Å². The average Bonchev–Trinajstić information content (AvgIpc) is 3.02. The van der Waals surface area contributed by atoms with E-state index in [1.807, 2.05) is 31.2 Å². The summed E-state index contributed by atoms with van der Waals surface area (Å²) in [6, 6.07) is 7.06. The van der Waals surface area contributed by atoms with Gasteiger partial charge in [-0.15, -0.1) is 0 Å². The fourth-order valence-corrected chi connectivity index (χ4v) is 3.02. The molecule has 2 atom stereocenters. The Labute approximate surface area is 130 Å². The van der Waals surface area contributed by atoms with Gasteiger partial charge < -0.3 is 14.7 Å². The number of rotatable bonds is 6. The van der Waals surface area contributed by atoms with Crippen molar-refractivity contribution in [2.45, 2.75) is 44.6 Å². The zero-order chi connectivity index (χ0) is 16.1. The Hall–Kier alpha value is -2.04. The van der Waals surface area contributed by atoms with Crippen molar-refractivity contribution in [2.75, 3.05) is 13.7 Å². The monoisotopic (exact) mass is 305 g/mol. The highest BCUT2D eigenvalue weighted by molar-refractivity contribution is 5.84. The van der Waals surface area contributed by atoms with E-state index in [4.69, 9.17) is 4.74 Å². The molecule has 1 fully saturated rings.